The maximum absolute atomic E-state index is 8.64. The van der Waals surface area contributed by atoms with Gasteiger partial charge in [-0.3, -0.25) is 12.6 Å². The highest BCUT2D eigenvalue weighted by Gasteiger charge is 1.97. The number of rotatable bonds is 10. The van der Waals surface area contributed by atoms with Crippen molar-refractivity contribution in [1.29, 1.82) is 0 Å². The van der Waals surface area contributed by atoms with Crippen LogP contribution in [0.1, 0.15) is 51.4 Å². The lowest BCUT2D eigenvalue weighted by molar-refractivity contribution is -0.697. The largest absolute Gasteiger partial charge is 0.784 e. The maximum atomic E-state index is 8.64. The predicted octanol–water partition coefficient (Wildman–Crippen LogP) is 0.745. The van der Waals surface area contributed by atoms with E-state index < -0.39 is 21.8 Å². The second kappa shape index (κ2) is 18.8. The fourth-order valence-electron chi connectivity index (χ4n) is 2.05. The third kappa shape index (κ3) is 34.4. The van der Waals surface area contributed by atoms with Gasteiger partial charge in [0.2, 0.25) is 0 Å². The summed E-state index contributed by atoms with van der Waals surface area (Å²) < 4.78 is 61.7. The number of hydrogen-bond acceptors (Lipinski definition) is 8. The van der Waals surface area contributed by atoms with Crippen molar-refractivity contribution in [2.45, 2.75) is 57.9 Å². The Labute approximate surface area is 157 Å². The van der Waals surface area contributed by atoms with Crippen LogP contribution >= 0.6 is 0 Å². The average Bonchev–Trinajstić information content (AvgIpc) is 2.52. The van der Waals surface area contributed by atoms with Crippen molar-refractivity contribution < 1.29 is 40.5 Å². The molecule has 0 radical (unpaired) electrons. The summed E-state index contributed by atoms with van der Waals surface area (Å²) in [5, 5.41) is 8.64. The molecule has 0 saturated heterocycles. The van der Waals surface area contributed by atoms with E-state index in [-0.39, 0.29) is 0 Å². The van der Waals surface area contributed by atoms with Crippen LogP contribution in [0.25, 0.3) is 0 Å². The minimum atomic E-state index is -5.17. The Hall–Kier alpha value is -0.950. The van der Waals surface area contributed by atoms with Crippen LogP contribution in [0, 0.1) is 0 Å². The van der Waals surface area contributed by atoms with Gasteiger partial charge in [0.15, 0.2) is 12.4 Å². The van der Waals surface area contributed by atoms with Gasteiger partial charge in [0.05, 0.1) is 0 Å². The van der Waals surface area contributed by atoms with Gasteiger partial charge < -0.3 is 23.3 Å². The Bertz CT molecular complexity index is 528. The van der Waals surface area contributed by atoms with E-state index in [0.29, 0.717) is 6.61 Å². The molecule has 1 aromatic rings. The molecule has 0 unspecified atom stereocenters. The van der Waals surface area contributed by atoms with Crippen LogP contribution in [0.4, 0.5) is 0 Å². The summed E-state index contributed by atoms with van der Waals surface area (Å²) in [6.45, 7) is 1.50. The van der Waals surface area contributed by atoms with Crippen LogP contribution in [0.3, 0.4) is 0 Å². The highest BCUT2D eigenvalue weighted by atomic mass is 32.3. The first-order valence-electron chi connectivity index (χ1n) is 8.15. The monoisotopic (exact) mass is 412 g/mol. The number of unbranched alkanes of at least 4 members (excludes halogenated alkanes) is 7. The summed E-state index contributed by atoms with van der Waals surface area (Å²) in [6.07, 6.45) is 14.4. The quantitative estimate of drug-likeness (QED) is 0.193. The van der Waals surface area contributed by atoms with E-state index in [9.17, 15) is 0 Å². The molecule has 0 atom stereocenters. The second-order valence-corrected chi connectivity index (χ2v) is 6.50. The summed E-state index contributed by atoms with van der Waals surface area (Å²) in [5.74, 6) is 0. The molecule has 0 amide bonds. The van der Waals surface area contributed by atoms with Crippen LogP contribution < -0.4 is 4.57 Å². The Kier molecular flexibility index (Phi) is 19.7. The Morgan fingerprint density at radius 3 is 1.54 bits per heavy atom. The predicted molar refractivity (Wildman–Crippen MR) is 90.8 cm³/mol. The van der Waals surface area contributed by atoms with E-state index in [2.05, 4.69) is 35.2 Å². The Morgan fingerprint density at radius 1 is 0.808 bits per heavy atom. The smallest absolute Gasteiger partial charge is 0.168 e. The number of pyridine rings is 1. The second-order valence-electron chi connectivity index (χ2n) is 5.28. The number of aliphatic hydroxyl groups is 1. The van der Waals surface area contributed by atoms with Gasteiger partial charge in [-0.2, -0.15) is 0 Å². The highest BCUT2D eigenvalue weighted by molar-refractivity contribution is 7.79. The van der Waals surface area contributed by atoms with Gasteiger partial charge in [-0.05, 0) is 12.8 Å². The molecule has 0 bridgehead atoms. The van der Waals surface area contributed by atoms with E-state index in [0.717, 1.165) is 13.0 Å². The topological polar surface area (TPSA) is 168 Å². The summed E-state index contributed by atoms with van der Waals surface area (Å²) in [7, 11) is -5.17. The molecule has 0 fully saturated rings. The van der Waals surface area contributed by atoms with Gasteiger partial charge in [-0.25, -0.2) is 4.57 Å². The fraction of sp³-hybridized carbons (Fsp3) is 0.667. The third-order valence-corrected chi connectivity index (χ3v) is 3.10. The molecule has 11 heteroatoms. The molecule has 0 saturated carbocycles. The fourth-order valence-corrected chi connectivity index (χ4v) is 2.05. The molecule has 1 rings (SSSR count). The molecule has 26 heavy (non-hydrogen) atoms. The summed E-state index contributed by atoms with van der Waals surface area (Å²) in [5.41, 5.74) is 0. The highest BCUT2D eigenvalue weighted by Crippen LogP contribution is 2.08. The molecule has 0 aromatic carbocycles. The van der Waals surface area contributed by atoms with Crippen molar-refractivity contribution in [1.82, 2.24) is 0 Å². The zero-order valence-corrected chi connectivity index (χ0v) is 16.2. The van der Waals surface area contributed by atoms with Gasteiger partial charge in [-0.15, -0.1) is 11.4 Å². The normalized spacial score (nSPS) is 10.5. The molecule has 1 heterocycles. The number of aryl methyl sites for hydroxylation is 1. The van der Waals surface area contributed by atoms with Crippen LogP contribution in [0.2, 0.25) is 0 Å². The third-order valence-electron chi connectivity index (χ3n) is 3.10. The van der Waals surface area contributed by atoms with Gasteiger partial charge in [0.1, 0.15) is 6.54 Å². The minimum Gasteiger partial charge on any atom is -0.784 e. The first-order valence-corrected chi connectivity index (χ1v) is 10.5. The lowest BCUT2D eigenvalue weighted by atomic mass is 10.1. The van der Waals surface area contributed by atoms with Gasteiger partial charge in [0.25, 0.3) is 0 Å². The molecular weight excluding hydrogens is 386 g/mol. The molecule has 1 aromatic heterocycles. The zero-order valence-electron chi connectivity index (χ0n) is 14.5. The SMILES string of the molecule is O=S(=O)([O-])[O-].O=S([O-])[O-].OCCCCCCCCCC[n+]1ccccc1. The summed E-state index contributed by atoms with van der Waals surface area (Å²) >= 11 is -3.11. The number of nitrogens with zero attached hydrogens (tertiary/aromatic N) is 1. The van der Waals surface area contributed by atoms with Crippen LogP contribution in [0.5, 0.6) is 0 Å². The molecule has 0 aliphatic rings. The summed E-state index contributed by atoms with van der Waals surface area (Å²) in [6, 6.07) is 6.23. The Balaban J connectivity index is 0. The van der Waals surface area contributed by atoms with Crippen molar-refractivity contribution >= 4 is 21.8 Å². The molecule has 0 spiro atoms. The molecule has 0 aliphatic heterocycles. The maximum Gasteiger partial charge on any atom is 0.168 e. The lowest BCUT2D eigenvalue weighted by Gasteiger charge is -2.06. The van der Waals surface area contributed by atoms with Gasteiger partial charge in [0, 0.05) is 35.6 Å². The standard InChI is InChI=1S/C15H26NO.H2O4S.H2O3S/c17-15-11-6-4-2-1-3-5-8-12-16-13-9-7-10-14-16;1-5(2,3)4;1-4(2)3/h7,9-10,13-14,17H,1-6,8,11-12,15H2;(H2,1,2,3,4);(H2,1,2,3)/q+1;;/p-4. The van der Waals surface area contributed by atoms with E-state index in [4.69, 9.17) is 35.9 Å². The molecule has 0 aliphatic carbocycles. The average molecular weight is 413 g/mol. The van der Waals surface area contributed by atoms with Crippen molar-refractivity contribution in [2.75, 3.05) is 6.61 Å². The molecule has 1 N–H and O–H groups in total. The zero-order chi connectivity index (χ0) is 20.3. The first-order chi connectivity index (χ1) is 12.2. The van der Waals surface area contributed by atoms with Crippen LogP contribution in [0.15, 0.2) is 30.6 Å². The van der Waals surface area contributed by atoms with Gasteiger partial charge in [-0.1, -0.05) is 38.2 Å². The van der Waals surface area contributed by atoms with Gasteiger partial charge >= 0.3 is 0 Å². The van der Waals surface area contributed by atoms with E-state index in [1.807, 2.05) is 0 Å². The molecule has 154 valence electrons. The minimum absolute atomic E-state index is 0.355. The van der Waals surface area contributed by atoms with E-state index in [1.54, 1.807) is 0 Å². The lowest BCUT2D eigenvalue weighted by Crippen LogP contribution is -2.32. The number of aromatic nitrogens is 1. The van der Waals surface area contributed by atoms with E-state index in [1.165, 1.54) is 44.9 Å². The van der Waals surface area contributed by atoms with Crippen molar-refractivity contribution in [3.63, 3.8) is 0 Å². The van der Waals surface area contributed by atoms with Crippen molar-refractivity contribution in [3.8, 4) is 0 Å². The number of aliphatic hydroxyl groups excluding tert-OH is 1. The Morgan fingerprint density at radius 2 is 1.15 bits per heavy atom. The number of hydrogen-bond donors (Lipinski definition) is 1. The van der Waals surface area contributed by atoms with Crippen LogP contribution in [-0.4, -0.2) is 42.6 Å². The van der Waals surface area contributed by atoms with Crippen LogP contribution in [-0.2, 0) is 28.3 Å². The molecule has 9 nitrogen and oxygen atoms in total. The van der Waals surface area contributed by atoms with E-state index >= 15 is 0 Å². The van der Waals surface area contributed by atoms with Crippen molar-refractivity contribution in [2.24, 2.45) is 0 Å². The first kappa shape index (κ1) is 27.3. The summed E-state index contributed by atoms with van der Waals surface area (Å²) in [4.78, 5) is 0. The molecular formula is C15H26NO8S2-3. The van der Waals surface area contributed by atoms with Crippen molar-refractivity contribution in [3.05, 3.63) is 30.6 Å².